The van der Waals surface area contributed by atoms with E-state index in [1.165, 1.54) is 25.9 Å². The normalized spacial score (nSPS) is 32.1. The number of carbonyl (C=O) groups excluding carboxylic acids is 2. The number of hydrogen-bond donors (Lipinski definition) is 1. The summed E-state index contributed by atoms with van der Waals surface area (Å²) in [5.41, 5.74) is -0.416. The molecule has 0 aromatic rings. The lowest BCUT2D eigenvalue weighted by Crippen LogP contribution is -2.66. The van der Waals surface area contributed by atoms with Gasteiger partial charge in [0, 0.05) is 50.5 Å². The van der Waals surface area contributed by atoms with Crippen LogP contribution in [0.5, 0.6) is 0 Å². The van der Waals surface area contributed by atoms with Crippen LogP contribution in [-0.4, -0.2) is 102 Å². The number of hydrogen-bond acceptors (Lipinski definition) is 6. The van der Waals surface area contributed by atoms with E-state index in [0.29, 0.717) is 50.1 Å². The van der Waals surface area contributed by atoms with Gasteiger partial charge in [-0.15, -0.1) is 0 Å². The third-order valence-electron chi connectivity index (χ3n) is 8.68. The van der Waals surface area contributed by atoms with E-state index < -0.39 is 17.4 Å². The largest absolute Gasteiger partial charge is 0.349 e. The Bertz CT molecular complexity index is 787. The van der Waals surface area contributed by atoms with Gasteiger partial charge in [-0.2, -0.15) is 0 Å². The first kappa shape index (κ1) is 28.8. The van der Waals surface area contributed by atoms with Crippen LogP contribution in [0.4, 0.5) is 0 Å². The fourth-order valence-electron chi connectivity index (χ4n) is 6.86. The zero-order chi connectivity index (χ0) is 26.8. The average Bonchev–Trinajstić information content (AvgIpc) is 3.33. The van der Waals surface area contributed by atoms with Crippen molar-refractivity contribution in [3.05, 3.63) is 0 Å². The molecular weight excluding hydrogens is 468 g/mol. The molecule has 212 valence electrons. The number of piperazine rings is 1. The molecule has 4 aliphatic rings. The highest BCUT2D eigenvalue weighted by atomic mass is 16.7. The Hall–Kier alpha value is -1.22. The molecule has 1 unspecified atom stereocenters. The van der Waals surface area contributed by atoms with Crippen molar-refractivity contribution in [3.8, 4) is 0 Å². The third kappa shape index (κ3) is 6.87. The van der Waals surface area contributed by atoms with Gasteiger partial charge in [0.15, 0.2) is 5.79 Å². The summed E-state index contributed by atoms with van der Waals surface area (Å²) < 4.78 is 12.9. The van der Waals surface area contributed by atoms with E-state index in [1.54, 1.807) is 0 Å². The van der Waals surface area contributed by atoms with E-state index in [1.807, 2.05) is 9.80 Å². The lowest BCUT2D eigenvalue weighted by atomic mass is 9.84. The molecule has 1 N–H and O–H groups in total. The monoisotopic (exact) mass is 520 g/mol. The van der Waals surface area contributed by atoms with Gasteiger partial charge in [0.2, 0.25) is 11.8 Å². The molecule has 0 aliphatic carbocycles. The molecule has 1 spiro atoms. The van der Waals surface area contributed by atoms with E-state index >= 15 is 0 Å². The van der Waals surface area contributed by atoms with Crippen LogP contribution in [0.1, 0.15) is 80.1 Å². The fourth-order valence-corrected chi connectivity index (χ4v) is 6.86. The van der Waals surface area contributed by atoms with Gasteiger partial charge in [0.05, 0.1) is 19.3 Å². The van der Waals surface area contributed by atoms with Crippen molar-refractivity contribution in [2.45, 2.75) is 103 Å². The minimum absolute atomic E-state index is 0.0771. The summed E-state index contributed by atoms with van der Waals surface area (Å²) in [6.45, 7) is 19.6. The van der Waals surface area contributed by atoms with Gasteiger partial charge in [-0.05, 0) is 64.5 Å². The predicted molar refractivity (Wildman–Crippen MR) is 145 cm³/mol. The Morgan fingerprint density at radius 3 is 2.30 bits per heavy atom. The van der Waals surface area contributed by atoms with Crippen LogP contribution in [0.3, 0.4) is 0 Å². The molecule has 8 heteroatoms. The van der Waals surface area contributed by atoms with Crippen molar-refractivity contribution in [3.63, 3.8) is 0 Å². The Morgan fingerprint density at radius 1 is 1.03 bits per heavy atom. The number of carbonyl (C=O) groups is 2. The lowest BCUT2D eigenvalue weighted by Gasteiger charge is -2.54. The van der Waals surface area contributed by atoms with Crippen LogP contribution in [-0.2, 0) is 19.1 Å². The number of amides is 2. The number of nitrogens with one attached hydrogen (secondary N) is 1. The zero-order valence-corrected chi connectivity index (χ0v) is 24.3. The number of piperidine rings is 1. The highest BCUT2D eigenvalue weighted by Gasteiger charge is 2.51. The molecule has 0 bridgehead atoms. The van der Waals surface area contributed by atoms with Crippen molar-refractivity contribution >= 4 is 11.8 Å². The summed E-state index contributed by atoms with van der Waals surface area (Å²) in [5.74, 6) is 0.700. The quantitative estimate of drug-likeness (QED) is 0.530. The fraction of sp³-hybridized carbons (Fsp3) is 0.931. The van der Waals surface area contributed by atoms with Crippen LogP contribution >= 0.6 is 0 Å². The topological polar surface area (TPSA) is 74.4 Å². The summed E-state index contributed by atoms with van der Waals surface area (Å²) in [4.78, 5) is 34.1. The molecule has 2 atom stereocenters. The highest BCUT2D eigenvalue weighted by Crippen LogP contribution is 2.41. The molecule has 37 heavy (non-hydrogen) atoms. The van der Waals surface area contributed by atoms with Gasteiger partial charge < -0.3 is 29.5 Å². The summed E-state index contributed by atoms with van der Waals surface area (Å²) in [5, 5.41) is 3.39. The number of nitrogens with zero attached hydrogens (tertiary/aromatic N) is 3. The molecule has 4 saturated heterocycles. The van der Waals surface area contributed by atoms with Crippen molar-refractivity contribution in [2.24, 2.45) is 17.8 Å². The van der Waals surface area contributed by atoms with Gasteiger partial charge in [-0.3, -0.25) is 9.59 Å². The smallest absolute Gasteiger partial charge is 0.245 e. The van der Waals surface area contributed by atoms with Crippen molar-refractivity contribution < 1.29 is 19.1 Å². The molecule has 4 fully saturated rings. The van der Waals surface area contributed by atoms with Gasteiger partial charge >= 0.3 is 0 Å². The number of rotatable bonds is 8. The average molecular weight is 521 g/mol. The molecular formula is C29H52N4O4. The van der Waals surface area contributed by atoms with E-state index in [-0.39, 0.29) is 17.9 Å². The van der Waals surface area contributed by atoms with Crippen molar-refractivity contribution in [2.75, 3.05) is 52.5 Å². The predicted octanol–water partition coefficient (Wildman–Crippen LogP) is 3.10. The second kappa shape index (κ2) is 11.9. The Balaban J connectivity index is 1.41. The van der Waals surface area contributed by atoms with Gasteiger partial charge in [-0.25, -0.2) is 0 Å². The van der Waals surface area contributed by atoms with E-state index in [9.17, 15) is 9.59 Å². The maximum atomic E-state index is 14.2. The molecule has 4 rings (SSSR count). The number of likely N-dealkylation sites (tertiary alicyclic amines) is 2. The van der Waals surface area contributed by atoms with Crippen molar-refractivity contribution in [1.82, 2.24) is 20.0 Å². The lowest BCUT2D eigenvalue weighted by molar-refractivity contribution is -0.310. The molecule has 0 aromatic carbocycles. The first-order valence-corrected chi connectivity index (χ1v) is 14.9. The molecule has 4 aliphatic heterocycles. The van der Waals surface area contributed by atoms with E-state index in [4.69, 9.17) is 9.47 Å². The van der Waals surface area contributed by atoms with Crippen LogP contribution < -0.4 is 5.32 Å². The zero-order valence-electron chi connectivity index (χ0n) is 24.3. The molecule has 0 saturated carbocycles. The summed E-state index contributed by atoms with van der Waals surface area (Å²) >= 11 is 0. The molecule has 2 amide bonds. The highest BCUT2D eigenvalue weighted by molar-refractivity contribution is 5.90. The van der Waals surface area contributed by atoms with Gasteiger partial charge in [0.25, 0.3) is 0 Å². The van der Waals surface area contributed by atoms with Crippen LogP contribution in [0.25, 0.3) is 0 Å². The Kier molecular flexibility index (Phi) is 9.25. The van der Waals surface area contributed by atoms with Crippen LogP contribution in [0, 0.1) is 17.8 Å². The van der Waals surface area contributed by atoms with Crippen LogP contribution in [0.15, 0.2) is 0 Å². The van der Waals surface area contributed by atoms with Gasteiger partial charge in [-0.1, -0.05) is 27.7 Å². The maximum Gasteiger partial charge on any atom is 0.245 e. The molecule has 0 aromatic heterocycles. The Morgan fingerprint density at radius 2 is 1.70 bits per heavy atom. The maximum absolute atomic E-state index is 14.2. The molecule has 4 heterocycles. The minimum Gasteiger partial charge on any atom is -0.349 e. The first-order valence-electron chi connectivity index (χ1n) is 14.9. The second-order valence-corrected chi connectivity index (χ2v) is 13.4. The van der Waals surface area contributed by atoms with Gasteiger partial charge in [0.1, 0.15) is 6.04 Å². The minimum atomic E-state index is -0.609. The third-order valence-corrected chi connectivity index (χ3v) is 8.68. The Labute approximate surface area is 224 Å². The molecule has 8 nitrogen and oxygen atoms in total. The SMILES string of the molecule is CC(C)CC(C(=O)N1CCC2(CC1(C)C)OCC(CN1CCCC1)CO2)N1CCN[C@@H](CC(C)C)C1=O. The van der Waals surface area contributed by atoms with Crippen LogP contribution in [0.2, 0.25) is 0 Å². The summed E-state index contributed by atoms with van der Waals surface area (Å²) in [6.07, 6.45) is 5.41. The number of ether oxygens (including phenoxy) is 2. The van der Waals surface area contributed by atoms with Crippen molar-refractivity contribution in [1.29, 1.82) is 0 Å². The standard InChI is InChI=1S/C29H52N4O4/c1-21(2)15-24-26(34)32(14-10-30-24)25(16-22(3)4)27(35)33-13-9-29(20-28(33,5)6)36-18-23(19-37-29)17-31-11-7-8-12-31/h21-25,30H,7-20H2,1-6H3/t23?,24-,25?,29?/m0/s1. The second-order valence-electron chi connectivity index (χ2n) is 13.4. The molecule has 0 radical (unpaired) electrons. The summed E-state index contributed by atoms with van der Waals surface area (Å²) in [6, 6.07) is -0.623. The summed E-state index contributed by atoms with van der Waals surface area (Å²) in [7, 11) is 0. The first-order chi connectivity index (χ1) is 17.5. The van der Waals surface area contributed by atoms with E-state index in [0.717, 1.165) is 32.7 Å². The van der Waals surface area contributed by atoms with E-state index in [2.05, 4.69) is 51.8 Å².